The SMILES string of the molecule is C=C(C)C(O)C(O)C(O)C(CO)OC1OC(CO)C(O)C(O)C1O. The lowest BCUT2D eigenvalue weighted by atomic mass is 9.98. The lowest BCUT2D eigenvalue weighted by molar-refractivity contribution is -0.322. The third-order valence-corrected chi connectivity index (χ3v) is 3.90. The zero-order chi connectivity index (χ0) is 18.6. The van der Waals surface area contributed by atoms with Crippen LogP contribution in [0.4, 0.5) is 0 Å². The first-order valence-electron chi connectivity index (χ1n) is 7.42. The molecule has 0 saturated carbocycles. The molecule has 1 aliphatic rings. The van der Waals surface area contributed by atoms with Gasteiger partial charge in [0.05, 0.1) is 13.2 Å². The van der Waals surface area contributed by atoms with Crippen molar-refractivity contribution in [2.24, 2.45) is 0 Å². The van der Waals surface area contributed by atoms with E-state index in [1.807, 2.05) is 0 Å². The number of aliphatic hydroxyl groups excluding tert-OH is 8. The Morgan fingerprint density at radius 2 is 1.62 bits per heavy atom. The standard InChI is InChI=1S/C14H26O10/c1-5(2)8(17)11(20)9(18)6(3-15)23-14-13(22)12(21)10(19)7(4-16)24-14/h6-22H,1,3-4H2,2H3. The first kappa shape index (κ1) is 21.4. The van der Waals surface area contributed by atoms with Crippen molar-refractivity contribution in [3.63, 3.8) is 0 Å². The van der Waals surface area contributed by atoms with Crippen molar-refractivity contribution in [2.45, 2.75) is 62.0 Å². The molecule has 9 unspecified atom stereocenters. The van der Waals surface area contributed by atoms with Crippen LogP contribution in [0, 0.1) is 0 Å². The molecule has 1 fully saturated rings. The summed E-state index contributed by atoms with van der Waals surface area (Å²) in [6, 6.07) is 0. The lowest BCUT2D eigenvalue weighted by Gasteiger charge is -2.41. The van der Waals surface area contributed by atoms with E-state index in [9.17, 15) is 35.7 Å². The van der Waals surface area contributed by atoms with Gasteiger partial charge >= 0.3 is 0 Å². The van der Waals surface area contributed by atoms with Gasteiger partial charge in [0.1, 0.15) is 48.8 Å². The number of aliphatic hydroxyl groups is 8. The Morgan fingerprint density at radius 3 is 2.08 bits per heavy atom. The zero-order valence-corrected chi connectivity index (χ0v) is 13.2. The van der Waals surface area contributed by atoms with Crippen LogP contribution in [-0.2, 0) is 9.47 Å². The number of hydrogen-bond acceptors (Lipinski definition) is 10. The van der Waals surface area contributed by atoms with Gasteiger partial charge in [0.25, 0.3) is 0 Å². The minimum absolute atomic E-state index is 0.172. The lowest BCUT2D eigenvalue weighted by Crippen LogP contribution is -2.61. The summed E-state index contributed by atoms with van der Waals surface area (Å²) in [5.41, 5.74) is 0.172. The quantitative estimate of drug-likeness (QED) is 0.199. The average Bonchev–Trinajstić information content (AvgIpc) is 2.57. The third-order valence-electron chi connectivity index (χ3n) is 3.90. The van der Waals surface area contributed by atoms with Crippen molar-refractivity contribution < 1.29 is 50.3 Å². The van der Waals surface area contributed by atoms with Crippen molar-refractivity contribution in [3.8, 4) is 0 Å². The fraction of sp³-hybridized carbons (Fsp3) is 0.857. The van der Waals surface area contributed by atoms with Crippen LogP contribution in [0.5, 0.6) is 0 Å². The first-order chi connectivity index (χ1) is 11.1. The summed E-state index contributed by atoms with van der Waals surface area (Å²) in [5.74, 6) is 0. The van der Waals surface area contributed by atoms with Crippen LogP contribution >= 0.6 is 0 Å². The predicted molar refractivity (Wildman–Crippen MR) is 78.6 cm³/mol. The predicted octanol–water partition coefficient (Wildman–Crippen LogP) is -4.18. The maximum absolute atomic E-state index is 10.0. The van der Waals surface area contributed by atoms with Gasteiger partial charge in [-0.2, -0.15) is 0 Å². The van der Waals surface area contributed by atoms with Crippen LogP contribution in [-0.4, -0.2) is 109 Å². The number of hydrogen-bond donors (Lipinski definition) is 8. The van der Waals surface area contributed by atoms with Gasteiger partial charge in [-0.15, -0.1) is 0 Å². The fourth-order valence-electron chi connectivity index (χ4n) is 2.28. The van der Waals surface area contributed by atoms with E-state index in [1.54, 1.807) is 0 Å². The molecule has 0 spiro atoms. The molecule has 0 bridgehead atoms. The van der Waals surface area contributed by atoms with Gasteiger partial charge in [0.15, 0.2) is 6.29 Å². The zero-order valence-electron chi connectivity index (χ0n) is 13.2. The van der Waals surface area contributed by atoms with Crippen molar-refractivity contribution >= 4 is 0 Å². The molecule has 0 aromatic heterocycles. The maximum Gasteiger partial charge on any atom is 0.187 e. The fourth-order valence-corrected chi connectivity index (χ4v) is 2.28. The first-order valence-corrected chi connectivity index (χ1v) is 7.42. The van der Waals surface area contributed by atoms with Crippen molar-refractivity contribution in [1.29, 1.82) is 0 Å². The molecule has 10 nitrogen and oxygen atoms in total. The topological polar surface area (TPSA) is 180 Å². The highest BCUT2D eigenvalue weighted by molar-refractivity contribution is 5.03. The van der Waals surface area contributed by atoms with Crippen molar-refractivity contribution in [1.82, 2.24) is 0 Å². The molecule has 10 heteroatoms. The molecule has 0 aliphatic carbocycles. The molecule has 8 N–H and O–H groups in total. The van der Waals surface area contributed by atoms with Gasteiger partial charge in [0, 0.05) is 0 Å². The molecule has 142 valence electrons. The Morgan fingerprint density at radius 1 is 1.04 bits per heavy atom. The normalized spacial score (nSPS) is 36.0. The molecule has 1 rings (SSSR count). The van der Waals surface area contributed by atoms with Crippen molar-refractivity contribution in [3.05, 3.63) is 12.2 Å². The molecular weight excluding hydrogens is 328 g/mol. The van der Waals surface area contributed by atoms with E-state index in [1.165, 1.54) is 6.92 Å². The molecule has 0 aromatic carbocycles. The Balaban J connectivity index is 2.81. The third kappa shape index (κ3) is 4.70. The van der Waals surface area contributed by atoms with Gasteiger partial charge in [-0.25, -0.2) is 0 Å². The van der Waals surface area contributed by atoms with Crippen LogP contribution in [0.25, 0.3) is 0 Å². The molecule has 0 amide bonds. The van der Waals surface area contributed by atoms with E-state index in [2.05, 4.69) is 6.58 Å². The number of rotatable bonds is 8. The van der Waals surface area contributed by atoms with Gasteiger partial charge in [-0.05, 0) is 12.5 Å². The second kappa shape index (κ2) is 9.15. The van der Waals surface area contributed by atoms with Crippen molar-refractivity contribution in [2.75, 3.05) is 13.2 Å². The Kier molecular flexibility index (Phi) is 8.15. The summed E-state index contributed by atoms with van der Waals surface area (Å²) in [6.07, 6.45) is -14.3. The van der Waals surface area contributed by atoms with E-state index in [-0.39, 0.29) is 5.57 Å². The summed E-state index contributed by atoms with van der Waals surface area (Å²) < 4.78 is 10.2. The molecule has 24 heavy (non-hydrogen) atoms. The van der Waals surface area contributed by atoms with Crippen LogP contribution in [0.15, 0.2) is 12.2 Å². The van der Waals surface area contributed by atoms with Crippen LogP contribution < -0.4 is 0 Å². The van der Waals surface area contributed by atoms with E-state index in [4.69, 9.17) is 14.6 Å². The Bertz CT molecular complexity index is 403. The van der Waals surface area contributed by atoms with E-state index >= 15 is 0 Å². The maximum atomic E-state index is 10.0. The van der Waals surface area contributed by atoms with Gasteiger partial charge < -0.3 is 50.3 Å². The molecule has 1 heterocycles. The molecule has 9 atom stereocenters. The highest BCUT2D eigenvalue weighted by Crippen LogP contribution is 2.24. The largest absolute Gasteiger partial charge is 0.394 e. The second-order valence-electron chi connectivity index (χ2n) is 5.83. The summed E-state index contributed by atoms with van der Waals surface area (Å²) in [5, 5.41) is 77.2. The molecule has 1 aliphatic heterocycles. The molecule has 0 aromatic rings. The molecular formula is C14H26O10. The smallest absolute Gasteiger partial charge is 0.187 e. The van der Waals surface area contributed by atoms with Crippen LogP contribution in [0.1, 0.15) is 6.92 Å². The minimum Gasteiger partial charge on any atom is -0.394 e. The highest BCUT2D eigenvalue weighted by Gasteiger charge is 2.46. The Labute approximate surface area is 138 Å². The van der Waals surface area contributed by atoms with E-state index in [0.717, 1.165) is 0 Å². The Hall–Kier alpha value is -0.660. The highest BCUT2D eigenvalue weighted by atomic mass is 16.7. The van der Waals surface area contributed by atoms with E-state index in [0.29, 0.717) is 0 Å². The van der Waals surface area contributed by atoms with E-state index < -0.39 is 68.3 Å². The van der Waals surface area contributed by atoms with Gasteiger partial charge in [-0.3, -0.25) is 0 Å². The average molecular weight is 354 g/mol. The van der Waals surface area contributed by atoms with Gasteiger partial charge in [0.2, 0.25) is 0 Å². The summed E-state index contributed by atoms with van der Waals surface area (Å²) in [4.78, 5) is 0. The van der Waals surface area contributed by atoms with Crippen LogP contribution in [0.2, 0.25) is 0 Å². The van der Waals surface area contributed by atoms with Gasteiger partial charge in [-0.1, -0.05) is 6.58 Å². The van der Waals surface area contributed by atoms with Crippen LogP contribution in [0.3, 0.4) is 0 Å². The molecule has 0 radical (unpaired) electrons. The minimum atomic E-state index is -1.77. The summed E-state index contributed by atoms with van der Waals surface area (Å²) in [6.45, 7) is 3.37. The monoisotopic (exact) mass is 354 g/mol. The summed E-state index contributed by atoms with van der Waals surface area (Å²) in [7, 11) is 0. The number of ether oxygens (including phenoxy) is 2. The molecule has 1 saturated heterocycles. The second-order valence-corrected chi connectivity index (χ2v) is 5.83. The summed E-state index contributed by atoms with van der Waals surface area (Å²) >= 11 is 0.